The summed E-state index contributed by atoms with van der Waals surface area (Å²) in [6, 6.07) is 6.16. The van der Waals surface area contributed by atoms with Crippen molar-refractivity contribution in [3.63, 3.8) is 0 Å². The summed E-state index contributed by atoms with van der Waals surface area (Å²) in [6.45, 7) is 1.32. The zero-order valence-electron chi connectivity index (χ0n) is 13.7. The van der Waals surface area contributed by atoms with E-state index in [2.05, 4.69) is 27.6 Å². The summed E-state index contributed by atoms with van der Waals surface area (Å²) in [6.07, 6.45) is 4.72. The predicted octanol–water partition coefficient (Wildman–Crippen LogP) is 3.45. The van der Waals surface area contributed by atoms with Crippen LogP contribution >= 0.6 is 23.1 Å². The fourth-order valence-electron chi connectivity index (χ4n) is 2.72. The molecule has 0 fully saturated rings. The Balaban J connectivity index is 1.54. The van der Waals surface area contributed by atoms with E-state index in [-0.39, 0.29) is 5.78 Å². The zero-order chi connectivity index (χ0) is 16.8. The maximum atomic E-state index is 12.4. The molecule has 128 valence electrons. The van der Waals surface area contributed by atoms with Gasteiger partial charge in [-0.3, -0.25) is 4.79 Å². The van der Waals surface area contributed by atoms with Gasteiger partial charge in [0.2, 0.25) is 5.13 Å². The van der Waals surface area contributed by atoms with Crippen LogP contribution in [0.5, 0.6) is 0 Å². The molecule has 1 N–H and O–H groups in total. The topological polar surface area (TPSA) is 64.1 Å². The van der Waals surface area contributed by atoms with Crippen LogP contribution in [0.1, 0.15) is 34.3 Å². The van der Waals surface area contributed by atoms with Crippen molar-refractivity contribution >= 4 is 34.0 Å². The minimum absolute atomic E-state index is 0.150. The molecule has 1 aliphatic rings. The Hall–Kier alpha value is -1.44. The van der Waals surface area contributed by atoms with Gasteiger partial charge in [0.1, 0.15) is 0 Å². The van der Waals surface area contributed by atoms with Crippen molar-refractivity contribution in [2.24, 2.45) is 0 Å². The third kappa shape index (κ3) is 4.55. The van der Waals surface area contributed by atoms with E-state index >= 15 is 0 Å². The van der Waals surface area contributed by atoms with E-state index < -0.39 is 0 Å². The quantitative estimate of drug-likeness (QED) is 0.440. The van der Waals surface area contributed by atoms with Crippen molar-refractivity contribution in [3.8, 4) is 0 Å². The molecule has 5 nitrogen and oxygen atoms in total. The molecule has 24 heavy (non-hydrogen) atoms. The van der Waals surface area contributed by atoms with Gasteiger partial charge in [0.15, 0.2) is 10.1 Å². The molecule has 7 heteroatoms. The number of carbonyl (C=O) groups is 1. The number of thioether (sulfide) groups is 1. The van der Waals surface area contributed by atoms with Gasteiger partial charge in [-0.2, -0.15) is 0 Å². The number of carbonyl (C=O) groups excluding carboxylic acids is 1. The standard InChI is InChI=1S/C17H21N3O2S2/c1-22-9-8-18-16-19-20-17(24-16)23-11-15(21)14-7-6-12-4-2-3-5-13(12)10-14/h6-7,10H,2-5,8-9,11H2,1H3,(H,18,19). The lowest BCUT2D eigenvalue weighted by atomic mass is 9.90. The van der Waals surface area contributed by atoms with Gasteiger partial charge in [0.25, 0.3) is 0 Å². The number of nitrogens with zero attached hydrogens (tertiary/aromatic N) is 2. The van der Waals surface area contributed by atoms with Crippen molar-refractivity contribution < 1.29 is 9.53 Å². The monoisotopic (exact) mass is 363 g/mol. The SMILES string of the molecule is COCCNc1nnc(SCC(=O)c2ccc3c(c2)CCCC3)s1. The number of aryl methyl sites for hydroxylation is 2. The van der Waals surface area contributed by atoms with E-state index in [1.807, 2.05) is 6.07 Å². The lowest BCUT2D eigenvalue weighted by Gasteiger charge is -2.16. The first-order valence-electron chi connectivity index (χ1n) is 8.10. The molecule has 1 aromatic heterocycles. The number of anilines is 1. The molecule has 2 aromatic rings. The van der Waals surface area contributed by atoms with Crippen molar-refractivity contribution in [1.29, 1.82) is 0 Å². The highest BCUT2D eigenvalue weighted by Crippen LogP contribution is 2.27. The molecule has 0 saturated heterocycles. The van der Waals surface area contributed by atoms with Gasteiger partial charge >= 0.3 is 0 Å². The molecule has 0 saturated carbocycles. The fourth-order valence-corrected chi connectivity index (χ4v) is 4.39. The number of hydrogen-bond donors (Lipinski definition) is 1. The van der Waals surface area contributed by atoms with Crippen molar-refractivity contribution in [1.82, 2.24) is 10.2 Å². The Morgan fingerprint density at radius 1 is 1.29 bits per heavy atom. The fraction of sp³-hybridized carbons (Fsp3) is 0.471. The molecular formula is C17H21N3O2S2. The Labute approximate surface area is 150 Å². The molecule has 0 aliphatic heterocycles. The van der Waals surface area contributed by atoms with Gasteiger partial charge in [0, 0.05) is 19.2 Å². The summed E-state index contributed by atoms with van der Waals surface area (Å²) < 4.78 is 5.79. The summed E-state index contributed by atoms with van der Waals surface area (Å²) in [5, 5.41) is 12.1. The molecule has 1 aliphatic carbocycles. The number of ether oxygens (including phenoxy) is 1. The first-order chi connectivity index (χ1) is 11.8. The van der Waals surface area contributed by atoms with E-state index in [9.17, 15) is 4.79 Å². The molecule has 3 rings (SSSR count). The van der Waals surface area contributed by atoms with Crippen LogP contribution in [0.2, 0.25) is 0 Å². The number of hydrogen-bond acceptors (Lipinski definition) is 7. The zero-order valence-corrected chi connectivity index (χ0v) is 15.3. The molecule has 0 unspecified atom stereocenters. The third-order valence-corrected chi connectivity index (χ3v) is 6.00. The first-order valence-corrected chi connectivity index (χ1v) is 9.90. The number of ketones is 1. The van der Waals surface area contributed by atoms with E-state index in [0.717, 1.165) is 27.9 Å². The van der Waals surface area contributed by atoms with Crippen LogP contribution in [-0.2, 0) is 17.6 Å². The van der Waals surface area contributed by atoms with E-state index in [4.69, 9.17) is 4.74 Å². The number of fused-ring (bicyclic) bond motifs is 1. The molecule has 1 heterocycles. The Kier molecular flexibility index (Phi) is 6.23. The molecule has 1 aromatic carbocycles. The first kappa shape index (κ1) is 17.4. The summed E-state index contributed by atoms with van der Waals surface area (Å²) in [4.78, 5) is 12.4. The van der Waals surface area contributed by atoms with Crippen LogP contribution in [0, 0.1) is 0 Å². The summed E-state index contributed by atoms with van der Waals surface area (Å²) in [5.74, 6) is 0.545. The van der Waals surface area contributed by atoms with Crippen LogP contribution in [0.3, 0.4) is 0 Å². The minimum Gasteiger partial charge on any atom is -0.383 e. The van der Waals surface area contributed by atoms with Crippen LogP contribution in [0.4, 0.5) is 5.13 Å². The maximum Gasteiger partial charge on any atom is 0.206 e. The van der Waals surface area contributed by atoms with Crippen molar-refractivity contribution in [3.05, 3.63) is 34.9 Å². The normalized spacial score (nSPS) is 13.5. The number of aromatic nitrogens is 2. The van der Waals surface area contributed by atoms with Crippen molar-refractivity contribution in [2.75, 3.05) is 31.3 Å². The predicted molar refractivity (Wildman–Crippen MR) is 98.4 cm³/mol. The Bertz CT molecular complexity index is 703. The van der Waals surface area contributed by atoms with Crippen LogP contribution in [0.25, 0.3) is 0 Å². The van der Waals surface area contributed by atoms with Gasteiger partial charge in [-0.25, -0.2) is 0 Å². The second kappa shape index (κ2) is 8.60. The van der Waals surface area contributed by atoms with Crippen LogP contribution in [0.15, 0.2) is 22.5 Å². The average molecular weight is 364 g/mol. The molecule has 0 bridgehead atoms. The second-order valence-corrected chi connectivity index (χ2v) is 7.90. The van der Waals surface area contributed by atoms with Crippen LogP contribution in [-0.4, -0.2) is 42.0 Å². The van der Waals surface area contributed by atoms with Gasteiger partial charge in [-0.15, -0.1) is 10.2 Å². The molecule has 0 radical (unpaired) electrons. The molecule has 0 atom stereocenters. The smallest absolute Gasteiger partial charge is 0.206 e. The Morgan fingerprint density at radius 2 is 2.12 bits per heavy atom. The number of nitrogens with one attached hydrogen (secondary N) is 1. The van der Waals surface area contributed by atoms with Gasteiger partial charge < -0.3 is 10.1 Å². The Morgan fingerprint density at radius 3 is 2.96 bits per heavy atom. The molecular weight excluding hydrogens is 342 g/mol. The molecule has 0 spiro atoms. The van der Waals surface area contributed by atoms with Crippen molar-refractivity contribution in [2.45, 2.75) is 30.0 Å². The lowest BCUT2D eigenvalue weighted by Crippen LogP contribution is -2.07. The summed E-state index contributed by atoms with van der Waals surface area (Å²) in [5.41, 5.74) is 3.56. The maximum absolute atomic E-state index is 12.4. The average Bonchev–Trinajstić information content (AvgIpc) is 3.07. The van der Waals surface area contributed by atoms with Gasteiger partial charge in [-0.05, 0) is 42.9 Å². The second-order valence-electron chi connectivity index (χ2n) is 5.70. The van der Waals surface area contributed by atoms with Gasteiger partial charge in [-0.1, -0.05) is 35.2 Å². The van der Waals surface area contributed by atoms with E-state index in [1.165, 1.54) is 47.1 Å². The highest BCUT2D eigenvalue weighted by atomic mass is 32.2. The van der Waals surface area contributed by atoms with E-state index in [0.29, 0.717) is 18.9 Å². The number of rotatable bonds is 8. The van der Waals surface area contributed by atoms with Crippen LogP contribution < -0.4 is 5.32 Å². The van der Waals surface area contributed by atoms with Gasteiger partial charge in [0.05, 0.1) is 12.4 Å². The third-order valence-electron chi connectivity index (χ3n) is 3.99. The molecule has 0 amide bonds. The minimum atomic E-state index is 0.150. The lowest BCUT2D eigenvalue weighted by molar-refractivity contribution is 0.102. The number of benzene rings is 1. The number of Topliss-reactive ketones (excluding diaryl/α,β-unsaturated/α-hetero) is 1. The largest absolute Gasteiger partial charge is 0.383 e. The summed E-state index contributed by atoms with van der Waals surface area (Å²) in [7, 11) is 1.66. The highest BCUT2D eigenvalue weighted by Gasteiger charge is 2.14. The number of methoxy groups -OCH3 is 1. The van der Waals surface area contributed by atoms with E-state index in [1.54, 1.807) is 7.11 Å². The summed E-state index contributed by atoms with van der Waals surface area (Å²) >= 11 is 2.91. The highest BCUT2D eigenvalue weighted by molar-refractivity contribution is 8.01.